The van der Waals surface area contributed by atoms with Crippen molar-refractivity contribution in [1.29, 1.82) is 0 Å². The molecule has 2 N–H and O–H groups in total. The molecule has 2 fully saturated rings. The molecule has 1 saturated carbocycles. The van der Waals surface area contributed by atoms with Crippen molar-refractivity contribution in [3.8, 4) is 0 Å². The van der Waals surface area contributed by atoms with E-state index in [1.165, 1.54) is 0 Å². The van der Waals surface area contributed by atoms with Gasteiger partial charge in [0.15, 0.2) is 0 Å². The van der Waals surface area contributed by atoms with E-state index in [1.807, 2.05) is 6.92 Å². The fourth-order valence-corrected chi connectivity index (χ4v) is 3.51. The Morgan fingerprint density at radius 1 is 1.33 bits per heavy atom. The van der Waals surface area contributed by atoms with Crippen LogP contribution in [-0.2, 0) is 14.4 Å². The van der Waals surface area contributed by atoms with E-state index in [1.54, 1.807) is 18.7 Å². The molecule has 21 heavy (non-hydrogen) atoms. The Bertz CT molecular complexity index is 461. The monoisotopic (exact) mass is 296 g/mol. The summed E-state index contributed by atoms with van der Waals surface area (Å²) in [6.07, 6.45) is 2.06. The number of hydrogen-bond acceptors (Lipinski definition) is 3. The first-order chi connectivity index (χ1) is 9.78. The molecule has 0 bridgehead atoms. The zero-order valence-electron chi connectivity index (χ0n) is 12.9. The molecule has 1 aliphatic carbocycles. The highest BCUT2D eigenvalue weighted by molar-refractivity contribution is 5.94. The average molecular weight is 296 g/mol. The predicted octanol–water partition coefficient (Wildman–Crippen LogP) is 0.860. The number of rotatable bonds is 3. The van der Waals surface area contributed by atoms with Crippen molar-refractivity contribution >= 4 is 17.8 Å². The van der Waals surface area contributed by atoms with Gasteiger partial charge >= 0.3 is 5.97 Å². The van der Waals surface area contributed by atoms with Crippen molar-refractivity contribution in [2.45, 2.75) is 45.6 Å². The summed E-state index contributed by atoms with van der Waals surface area (Å²) in [6, 6.07) is 0. The summed E-state index contributed by atoms with van der Waals surface area (Å²) in [7, 11) is 0. The minimum atomic E-state index is -0.914. The van der Waals surface area contributed by atoms with Gasteiger partial charge in [-0.1, -0.05) is 13.3 Å². The smallest absolute Gasteiger partial charge is 0.307 e. The minimum Gasteiger partial charge on any atom is -0.481 e. The summed E-state index contributed by atoms with van der Waals surface area (Å²) in [5.74, 6) is -2.11. The number of piperazine rings is 1. The van der Waals surface area contributed by atoms with Gasteiger partial charge in [-0.3, -0.25) is 14.4 Å². The van der Waals surface area contributed by atoms with Crippen LogP contribution in [-0.4, -0.2) is 46.4 Å². The van der Waals surface area contributed by atoms with Crippen LogP contribution in [0.15, 0.2) is 0 Å². The summed E-state index contributed by atoms with van der Waals surface area (Å²) in [6.45, 7) is 6.31. The van der Waals surface area contributed by atoms with Crippen LogP contribution in [0, 0.1) is 17.8 Å². The van der Waals surface area contributed by atoms with Gasteiger partial charge < -0.3 is 15.3 Å². The van der Waals surface area contributed by atoms with Crippen molar-refractivity contribution in [3.05, 3.63) is 0 Å². The van der Waals surface area contributed by atoms with Gasteiger partial charge in [-0.15, -0.1) is 0 Å². The van der Waals surface area contributed by atoms with Crippen LogP contribution in [0.1, 0.15) is 40.0 Å². The number of hydrogen-bond donors (Lipinski definition) is 2. The molecule has 2 amide bonds. The van der Waals surface area contributed by atoms with Gasteiger partial charge in [0, 0.05) is 13.1 Å². The van der Waals surface area contributed by atoms with E-state index in [-0.39, 0.29) is 17.7 Å². The SMILES string of the molecule is CCC1C[C@H](C(=O)N2CCNC(=O)C2(C)C)[C@H](C(=O)O)C1. The summed E-state index contributed by atoms with van der Waals surface area (Å²) >= 11 is 0. The third kappa shape index (κ3) is 2.76. The highest BCUT2D eigenvalue weighted by Crippen LogP contribution is 2.40. The fraction of sp³-hybridized carbons (Fsp3) is 0.800. The van der Waals surface area contributed by atoms with Crippen LogP contribution in [0.4, 0.5) is 0 Å². The Labute approximate surface area is 124 Å². The zero-order chi connectivity index (χ0) is 15.8. The van der Waals surface area contributed by atoms with Crippen molar-refractivity contribution in [2.24, 2.45) is 17.8 Å². The lowest BCUT2D eigenvalue weighted by atomic mass is 9.90. The normalized spacial score (nSPS) is 31.9. The molecular weight excluding hydrogens is 272 g/mol. The molecule has 3 atom stereocenters. The van der Waals surface area contributed by atoms with Crippen molar-refractivity contribution in [3.63, 3.8) is 0 Å². The molecule has 6 heteroatoms. The average Bonchev–Trinajstić information content (AvgIpc) is 2.85. The lowest BCUT2D eigenvalue weighted by Crippen LogP contribution is -2.64. The van der Waals surface area contributed by atoms with Gasteiger partial charge in [-0.2, -0.15) is 0 Å². The Kier molecular flexibility index (Phi) is 4.25. The van der Waals surface area contributed by atoms with Gasteiger partial charge in [0.25, 0.3) is 0 Å². The van der Waals surface area contributed by atoms with Crippen molar-refractivity contribution in [1.82, 2.24) is 10.2 Å². The Morgan fingerprint density at radius 3 is 2.52 bits per heavy atom. The molecule has 1 heterocycles. The summed E-state index contributed by atoms with van der Waals surface area (Å²) < 4.78 is 0. The number of carbonyl (C=O) groups is 3. The molecular formula is C15H24N2O4. The van der Waals surface area contributed by atoms with Crippen LogP contribution in [0.5, 0.6) is 0 Å². The molecule has 0 spiro atoms. The Hall–Kier alpha value is -1.59. The minimum absolute atomic E-state index is 0.181. The van der Waals surface area contributed by atoms with Gasteiger partial charge in [0.1, 0.15) is 5.54 Å². The number of aliphatic carboxylic acids is 1. The second-order valence-electron chi connectivity index (χ2n) is 6.60. The van der Waals surface area contributed by atoms with E-state index in [2.05, 4.69) is 5.32 Å². The van der Waals surface area contributed by atoms with Crippen LogP contribution in [0.25, 0.3) is 0 Å². The van der Waals surface area contributed by atoms with E-state index >= 15 is 0 Å². The van der Waals surface area contributed by atoms with E-state index in [0.29, 0.717) is 25.9 Å². The lowest BCUT2D eigenvalue weighted by molar-refractivity contribution is -0.156. The maximum Gasteiger partial charge on any atom is 0.307 e. The second kappa shape index (κ2) is 5.66. The van der Waals surface area contributed by atoms with E-state index in [4.69, 9.17) is 0 Å². The Balaban J connectivity index is 2.21. The molecule has 1 aliphatic heterocycles. The Morgan fingerprint density at radius 2 is 1.95 bits per heavy atom. The van der Waals surface area contributed by atoms with E-state index in [0.717, 1.165) is 6.42 Å². The summed E-state index contributed by atoms with van der Waals surface area (Å²) in [4.78, 5) is 37.8. The first-order valence-electron chi connectivity index (χ1n) is 7.61. The van der Waals surface area contributed by atoms with Crippen LogP contribution >= 0.6 is 0 Å². The molecule has 0 aromatic carbocycles. The third-order valence-electron chi connectivity index (χ3n) is 4.99. The van der Waals surface area contributed by atoms with Gasteiger partial charge in [0.2, 0.25) is 11.8 Å². The van der Waals surface area contributed by atoms with Gasteiger partial charge in [-0.05, 0) is 32.6 Å². The zero-order valence-corrected chi connectivity index (χ0v) is 12.9. The van der Waals surface area contributed by atoms with Crippen LogP contribution in [0.2, 0.25) is 0 Å². The van der Waals surface area contributed by atoms with Gasteiger partial charge in [0.05, 0.1) is 11.8 Å². The van der Waals surface area contributed by atoms with Crippen LogP contribution in [0.3, 0.4) is 0 Å². The highest BCUT2D eigenvalue weighted by Gasteiger charge is 2.48. The van der Waals surface area contributed by atoms with Crippen molar-refractivity contribution < 1.29 is 19.5 Å². The fourth-order valence-electron chi connectivity index (χ4n) is 3.51. The summed E-state index contributed by atoms with van der Waals surface area (Å²) in [5.41, 5.74) is -0.914. The topological polar surface area (TPSA) is 86.7 Å². The number of nitrogens with zero attached hydrogens (tertiary/aromatic N) is 1. The molecule has 0 radical (unpaired) electrons. The molecule has 2 aliphatic rings. The quantitative estimate of drug-likeness (QED) is 0.808. The molecule has 118 valence electrons. The first kappa shape index (κ1) is 15.8. The number of nitrogens with one attached hydrogen (secondary N) is 1. The predicted molar refractivity (Wildman–Crippen MR) is 76.4 cm³/mol. The molecule has 0 aromatic rings. The van der Waals surface area contributed by atoms with Crippen LogP contribution < -0.4 is 5.32 Å². The number of carboxylic acid groups (broad SMARTS) is 1. The summed E-state index contributed by atoms with van der Waals surface area (Å²) in [5, 5.41) is 12.1. The first-order valence-corrected chi connectivity index (χ1v) is 7.61. The number of carbonyl (C=O) groups excluding carboxylic acids is 2. The largest absolute Gasteiger partial charge is 0.481 e. The molecule has 0 aromatic heterocycles. The number of carboxylic acids is 1. The van der Waals surface area contributed by atoms with Gasteiger partial charge in [-0.25, -0.2) is 0 Å². The molecule has 6 nitrogen and oxygen atoms in total. The van der Waals surface area contributed by atoms with E-state index < -0.39 is 23.3 Å². The maximum absolute atomic E-state index is 12.8. The molecule has 1 saturated heterocycles. The standard InChI is InChI=1S/C15H24N2O4/c1-4-9-7-10(11(8-9)13(19)20)12(18)17-6-5-16-14(21)15(17,2)3/h9-11H,4-8H2,1-3H3,(H,16,21)(H,19,20)/t9?,10-,11+/m0/s1. The lowest BCUT2D eigenvalue weighted by Gasteiger charge is -2.42. The maximum atomic E-state index is 12.8. The third-order valence-corrected chi connectivity index (χ3v) is 4.99. The molecule has 1 unspecified atom stereocenters. The second-order valence-corrected chi connectivity index (χ2v) is 6.60. The van der Waals surface area contributed by atoms with E-state index in [9.17, 15) is 19.5 Å². The highest BCUT2D eigenvalue weighted by atomic mass is 16.4. The number of amides is 2. The molecule has 2 rings (SSSR count). The van der Waals surface area contributed by atoms with Crippen molar-refractivity contribution in [2.75, 3.05) is 13.1 Å².